The second-order valence-corrected chi connectivity index (χ2v) is 2.05. The maximum atomic E-state index is 10.4. The molecule has 6 nitrogen and oxygen atoms in total. The standard InChI is InChI=1S/C4H7N5O/c5-3-2(1-7-9-6)8-4(3)10/h2-3H,1,5H2,(H,8,10). The number of hydrogen-bond donors (Lipinski definition) is 2. The molecule has 6 heteroatoms. The van der Waals surface area contributed by atoms with Crippen LogP contribution < -0.4 is 11.1 Å². The molecule has 2 atom stereocenters. The Morgan fingerprint density at radius 3 is 3.00 bits per heavy atom. The fourth-order valence-corrected chi connectivity index (χ4v) is 0.739. The number of carbonyl (C=O) groups excluding carboxylic acids is 1. The lowest BCUT2D eigenvalue weighted by Gasteiger charge is -2.32. The van der Waals surface area contributed by atoms with Crippen LogP contribution in [-0.2, 0) is 4.79 Å². The van der Waals surface area contributed by atoms with Crippen LogP contribution in [0.3, 0.4) is 0 Å². The molecule has 3 N–H and O–H groups in total. The first kappa shape index (κ1) is 6.85. The number of hydrogen-bond acceptors (Lipinski definition) is 3. The van der Waals surface area contributed by atoms with E-state index in [0.717, 1.165) is 0 Å². The van der Waals surface area contributed by atoms with Gasteiger partial charge in [0, 0.05) is 11.5 Å². The van der Waals surface area contributed by atoms with E-state index in [1.165, 1.54) is 0 Å². The first-order valence-electron chi connectivity index (χ1n) is 2.82. The summed E-state index contributed by atoms with van der Waals surface area (Å²) < 4.78 is 0. The van der Waals surface area contributed by atoms with Crippen molar-refractivity contribution in [3.63, 3.8) is 0 Å². The van der Waals surface area contributed by atoms with Gasteiger partial charge in [0.05, 0.1) is 6.04 Å². The third-order valence-electron chi connectivity index (χ3n) is 1.41. The maximum absolute atomic E-state index is 10.4. The van der Waals surface area contributed by atoms with Gasteiger partial charge in [0.1, 0.15) is 6.04 Å². The smallest absolute Gasteiger partial charge is 0.239 e. The molecule has 0 aromatic carbocycles. The zero-order valence-corrected chi connectivity index (χ0v) is 5.19. The monoisotopic (exact) mass is 141 g/mol. The Kier molecular flexibility index (Phi) is 1.75. The number of rotatable bonds is 2. The Hall–Kier alpha value is -1.26. The summed E-state index contributed by atoms with van der Waals surface area (Å²) in [7, 11) is 0. The highest BCUT2D eigenvalue weighted by Gasteiger charge is 2.34. The summed E-state index contributed by atoms with van der Waals surface area (Å²) in [4.78, 5) is 13.0. The summed E-state index contributed by atoms with van der Waals surface area (Å²) in [6.07, 6.45) is 0. The Morgan fingerprint density at radius 2 is 2.60 bits per heavy atom. The SMILES string of the molecule is [N-]=[N+]=NCC1NC(=O)C1N. The van der Waals surface area contributed by atoms with E-state index in [1.807, 2.05) is 0 Å². The average Bonchev–Trinajstić information content (AvgIpc) is 1.97. The van der Waals surface area contributed by atoms with Crippen molar-refractivity contribution in [2.75, 3.05) is 6.54 Å². The van der Waals surface area contributed by atoms with Crippen molar-refractivity contribution < 1.29 is 4.79 Å². The largest absolute Gasteiger partial charge is 0.350 e. The molecule has 0 bridgehead atoms. The minimum Gasteiger partial charge on any atom is -0.350 e. The van der Waals surface area contributed by atoms with Gasteiger partial charge in [-0.3, -0.25) is 4.79 Å². The lowest BCUT2D eigenvalue weighted by molar-refractivity contribution is -0.130. The first-order valence-corrected chi connectivity index (χ1v) is 2.82. The van der Waals surface area contributed by atoms with Crippen LogP contribution in [-0.4, -0.2) is 24.5 Å². The molecule has 1 aliphatic heterocycles. The molecule has 0 saturated carbocycles. The topological polar surface area (TPSA) is 104 Å². The lowest BCUT2D eigenvalue weighted by atomic mass is 10.0. The van der Waals surface area contributed by atoms with Gasteiger partial charge in [-0.15, -0.1) is 0 Å². The van der Waals surface area contributed by atoms with E-state index in [-0.39, 0.29) is 18.5 Å². The summed E-state index contributed by atoms with van der Waals surface area (Å²) in [6.45, 7) is 0.239. The van der Waals surface area contributed by atoms with Crippen molar-refractivity contribution >= 4 is 5.91 Å². The van der Waals surface area contributed by atoms with Gasteiger partial charge in [0.2, 0.25) is 5.91 Å². The maximum Gasteiger partial charge on any atom is 0.239 e. The van der Waals surface area contributed by atoms with E-state index in [0.29, 0.717) is 0 Å². The van der Waals surface area contributed by atoms with Gasteiger partial charge in [-0.1, -0.05) is 5.11 Å². The molecule has 1 aliphatic rings. The molecular formula is C4H7N5O. The van der Waals surface area contributed by atoms with Crippen LogP contribution in [0.2, 0.25) is 0 Å². The summed E-state index contributed by atoms with van der Waals surface area (Å²) in [5.74, 6) is -0.182. The van der Waals surface area contributed by atoms with E-state index in [1.54, 1.807) is 0 Å². The number of β-lactam (4-membered cyclic amide) rings is 1. The van der Waals surface area contributed by atoms with Crippen LogP contribution in [0, 0.1) is 0 Å². The highest BCUT2D eigenvalue weighted by Crippen LogP contribution is 2.02. The van der Waals surface area contributed by atoms with Crippen molar-refractivity contribution in [2.24, 2.45) is 10.8 Å². The molecule has 2 unspecified atom stereocenters. The second-order valence-electron chi connectivity index (χ2n) is 2.05. The zero-order valence-electron chi connectivity index (χ0n) is 5.19. The van der Waals surface area contributed by atoms with Gasteiger partial charge < -0.3 is 11.1 Å². The molecule has 0 aromatic rings. The van der Waals surface area contributed by atoms with Gasteiger partial charge in [-0.05, 0) is 5.53 Å². The van der Waals surface area contributed by atoms with Crippen LogP contribution in [0.15, 0.2) is 5.11 Å². The number of azide groups is 1. The van der Waals surface area contributed by atoms with Gasteiger partial charge in [0.15, 0.2) is 0 Å². The Morgan fingerprint density at radius 1 is 1.90 bits per heavy atom. The highest BCUT2D eigenvalue weighted by molar-refractivity contribution is 5.89. The number of nitrogens with one attached hydrogen (secondary N) is 1. The normalized spacial score (nSPS) is 29.9. The number of nitrogens with zero attached hydrogens (tertiary/aromatic N) is 3. The Labute approximate surface area is 57.0 Å². The molecule has 1 rings (SSSR count). The van der Waals surface area contributed by atoms with E-state index in [4.69, 9.17) is 11.3 Å². The minimum atomic E-state index is -0.495. The summed E-state index contributed by atoms with van der Waals surface area (Å²) in [6, 6.07) is -0.658. The van der Waals surface area contributed by atoms with Crippen molar-refractivity contribution in [1.82, 2.24) is 5.32 Å². The summed E-state index contributed by atoms with van der Waals surface area (Å²) in [5.41, 5.74) is 13.2. The molecule has 54 valence electrons. The highest BCUT2D eigenvalue weighted by atomic mass is 16.2. The predicted octanol–water partition coefficient (Wildman–Crippen LogP) is -0.878. The van der Waals surface area contributed by atoms with E-state index in [2.05, 4.69) is 15.3 Å². The average molecular weight is 141 g/mol. The van der Waals surface area contributed by atoms with Crippen LogP contribution in [0.1, 0.15) is 0 Å². The molecule has 1 fully saturated rings. The molecule has 0 radical (unpaired) electrons. The van der Waals surface area contributed by atoms with E-state index in [9.17, 15) is 4.79 Å². The number of carbonyl (C=O) groups is 1. The minimum absolute atomic E-state index is 0.164. The van der Waals surface area contributed by atoms with Crippen LogP contribution in [0.5, 0.6) is 0 Å². The Balaban J connectivity index is 2.33. The molecule has 0 aromatic heterocycles. The predicted molar refractivity (Wildman–Crippen MR) is 33.9 cm³/mol. The quantitative estimate of drug-likeness (QED) is 0.225. The zero-order chi connectivity index (χ0) is 7.56. The van der Waals surface area contributed by atoms with Crippen molar-refractivity contribution in [1.29, 1.82) is 0 Å². The first-order chi connectivity index (χ1) is 4.75. The van der Waals surface area contributed by atoms with Crippen LogP contribution >= 0.6 is 0 Å². The van der Waals surface area contributed by atoms with E-state index >= 15 is 0 Å². The molecule has 10 heavy (non-hydrogen) atoms. The van der Waals surface area contributed by atoms with Crippen LogP contribution in [0.25, 0.3) is 10.4 Å². The van der Waals surface area contributed by atoms with E-state index < -0.39 is 6.04 Å². The van der Waals surface area contributed by atoms with Gasteiger partial charge in [-0.25, -0.2) is 0 Å². The third kappa shape index (κ3) is 1.02. The van der Waals surface area contributed by atoms with Gasteiger partial charge in [-0.2, -0.15) is 0 Å². The fourth-order valence-electron chi connectivity index (χ4n) is 0.739. The number of amides is 1. The molecule has 1 saturated heterocycles. The number of nitrogens with two attached hydrogens (primary N) is 1. The second kappa shape index (κ2) is 2.55. The molecular weight excluding hydrogens is 134 g/mol. The van der Waals surface area contributed by atoms with Crippen molar-refractivity contribution in [2.45, 2.75) is 12.1 Å². The van der Waals surface area contributed by atoms with Gasteiger partial charge in [0.25, 0.3) is 0 Å². The van der Waals surface area contributed by atoms with Gasteiger partial charge >= 0.3 is 0 Å². The Bertz CT molecular complexity index is 196. The van der Waals surface area contributed by atoms with Crippen LogP contribution in [0.4, 0.5) is 0 Å². The lowest BCUT2D eigenvalue weighted by Crippen LogP contribution is -2.67. The summed E-state index contributed by atoms with van der Waals surface area (Å²) in [5, 5.41) is 5.76. The van der Waals surface area contributed by atoms with Crippen molar-refractivity contribution in [3.8, 4) is 0 Å². The molecule has 1 amide bonds. The summed E-state index contributed by atoms with van der Waals surface area (Å²) >= 11 is 0. The fraction of sp³-hybridized carbons (Fsp3) is 0.750. The van der Waals surface area contributed by atoms with Crippen molar-refractivity contribution in [3.05, 3.63) is 10.4 Å². The third-order valence-corrected chi connectivity index (χ3v) is 1.41. The molecule has 1 heterocycles. The molecule has 0 spiro atoms. The molecule has 0 aliphatic carbocycles.